The van der Waals surface area contributed by atoms with Crippen molar-refractivity contribution in [1.82, 2.24) is 15.1 Å². The highest BCUT2D eigenvalue weighted by Crippen LogP contribution is 2.69. The van der Waals surface area contributed by atoms with Gasteiger partial charge in [-0.2, -0.15) is 13.9 Å². The van der Waals surface area contributed by atoms with Crippen molar-refractivity contribution in [3.8, 4) is 5.75 Å². The number of hydrogen-bond acceptors (Lipinski definition) is 4. The summed E-state index contributed by atoms with van der Waals surface area (Å²) in [5, 5.41) is 6.35. The monoisotopic (exact) mass is 427 g/mol. The highest BCUT2D eigenvalue weighted by molar-refractivity contribution is 6.30. The van der Waals surface area contributed by atoms with Crippen LogP contribution in [-0.4, -0.2) is 33.6 Å². The van der Waals surface area contributed by atoms with Gasteiger partial charge in [-0.15, -0.1) is 0 Å². The lowest BCUT2D eigenvalue weighted by Gasteiger charge is -2.70. The van der Waals surface area contributed by atoms with Crippen molar-refractivity contribution in [2.24, 2.45) is 5.41 Å². The summed E-state index contributed by atoms with van der Waals surface area (Å²) < 4.78 is 44.2. The Morgan fingerprint density at radius 1 is 1.31 bits per heavy atom. The Morgan fingerprint density at radius 3 is 2.66 bits per heavy atom. The van der Waals surface area contributed by atoms with Crippen molar-refractivity contribution in [3.63, 3.8) is 0 Å². The topological polar surface area (TPSA) is 73.2 Å². The first-order valence-corrected chi connectivity index (χ1v) is 9.32. The second kappa shape index (κ2) is 7.05. The van der Waals surface area contributed by atoms with E-state index in [2.05, 4.69) is 10.4 Å². The Morgan fingerprint density at radius 2 is 2.03 bits per heavy atom. The van der Waals surface area contributed by atoms with Crippen molar-refractivity contribution in [2.75, 3.05) is 6.61 Å². The van der Waals surface area contributed by atoms with Crippen LogP contribution >= 0.6 is 11.6 Å². The molecule has 1 amide bonds. The zero-order chi connectivity index (χ0) is 20.8. The minimum Gasteiger partial charge on any atom is -0.484 e. The number of Topliss-reactive ketones (excluding diaryl/α,β-unsaturated/α-hetero) is 1. The van der Waals surface area contributed by atoms with Gasteiger partial charge in [-0.1, -0.05) is 11.6 Å². The zero-order valence-corrected chi connectivity index (χ0v) is 15.9. The number of carbonyl (C=O) groups is 2. The van der Waals surface area contributed by atoms with Gasteiger partial charge in [0.15, 0.2) is 12.4 Å². The van der Waals surface area contributed by atoms with E-state index < -0.39 is 12.4 Å². The van der Waals surface area contributed by atoms with E-state index in [-0.39, 0.29) is 52.0 Å². The number of ketones is 1. The average Bonchev–Trinajstić information content (AvgIpc) is 3.10. The fourth-order valence-electron chi connectivity index (χ4n) is 4.40. The number of alkyl halides is 2. The van der Waals surface area contributed by atoms with Crippen LogP contribution in [-0.2, 0) is 4.79 Å². The number of nitrogens with one attached hydrogen (secondary N) is 1. The molecular weight excluding hydrogens is 411 g/mol. The molecule has 0 radical (unpaired) electrons. The molecule has 154 valence electrons. The number of nitrogens with zero attached hydrogens (tertiary/aromatic N) is 2. The van der Waals surface area contributed by atoms with Crippen LogP contribution in [0.3, 0.4) is 0 Å². The largest absolute Gasteiger partial charge is 0.484 e. The highest BCUT2D eigenvalue weighted by atomic mass is 35.5. The predicted octanol–water partition coefficient (Wildman–Crippen LogP) is 3.76. The van der Waals surface area contributed by atoms with Gasteiger partial charge in [0.05, 0.1) is 16.8 Å². The third-order valence-electron chi connectivity index (χ3n) is 5.46. The van der Waals surface area contributed by atoms with Gasteiger partial charge >= 0.3 is 6.55 Å². The van der Waals surface area contributed by atoms with Gasteiger partial charge in [-0.3, -0.25) is 9.59 Å². The molecule has 0 spiro atoms. The van der Waals surface area contributed by atoms with Gasteiger partial charge in [0, 0.05) is 24.2 Å². The van der Waals surface area contributed by atoms with Crippen LogP contribution in [0.25, 0.3) is 0 Å². The number of ether oxygens (including phenoxy) is 1. The standard InChI is InChI=1S/C19H17ClF3N3O3/c20-13-2-1-12(3-14(13)21)29-7-16(28)25-19-8-18(9-19,10-19)4-15(27)11-5-24-26(6-11)17(22)23/h1-3,5-6,17H,4,7-10H2,(H,25,28). The van der Waals surface area contributed by atoms with Gasteiger partial charge in [0.25, 0.3) is 5.91 Å². The Balaban J connectivity index is 1.23. The normalized spacial score (nSPS) is 24.6. The lowest BCUT2D eigenvalue weighted by Crippen LogP contribution is -2.75. The molecule has 1 aromatic carbocycles. The van der Waals surface area contributed by atoms with Crippen molar-refractivity contribution < 1.29 is 27.5 Å². The fraction of sp³-hybridized carbons (Fsp3) is 0.421. The third kappa shape index (κ3) is 3.83. The molecule has 29 heavy (non-hydrogen) atoms. The number of benzene rings is 1. The minimum absolute atomic E-state index is 0.0305. The first-order chi connectivity index (χ1) is 13.7. The number of carbonyl (C=O) groups excluding carboxylic acids is 2. The second-order valence-electron chi connectivity index (χ2n) is 7.81. The lowest BCUT2D eigenvalue weighted by molar-refractivity contribution is -0.164. The zero-order valence-electron chi connectivity index (χ0n) is 15.1. The summed E-state index contributed by atoms with van der Waals surface area (Å²) in [5.41, 5.74) is -0.381. The highest BCUT2D eigenvalue weighted by Gasteiger charge is 2.68. The summed E-state index contributed by atoms with van der Waals surface area (Å²) in [6.45, 7) is -3.04. The molecular formula is C19H17ClF3N3O3. The second-order valence-corrected chi connectivity index (χ2v) is 8.22. The van der Waals surface area contributed by atoms with Crippen molar-refractivity contribution in [1.29, 1.82) is 0 Å². The van der Waals surface area contributed by atoms with Gasteiger partial charge in [-0.25, -0.2) is 9.07 Å². The van der Waals surface area contributed by atoms with E-state index in [0.29, 0.717) is 23.9 Å². The molecule has 0 saturated heterocycles. The van der Waals surface area contributed by atoms with E-state index in [0.717, 1.165) is 18.5 Å². The van der Waals surface area contributed by atoms with E-state index in [9.17, 15) is 22.8 Å². The summed E-state index contributed by atoms with van der Waals surface area (Å²) >= 11 is 5.59. The van der Waals surface area contributed by atoms with E-state index in [1.54, 1.807) is 0 Å². The van der Waals surface area contributed by atoms with Crippen LogP contribution in [0.2, 0.25) is 5.02 Å². The maximum Gasteiger partial charge on any atom is 0.333 e. The van der Waals surface area contributed by atoms with Gasteiger partial charge in [0.2, 0.25) is 0 Å². The van der Waals surface area contributed by atoms with Gasteiger partial charge in [-0.05, 0) is 36.8 Å². The maximum atomic E-state index is 13.4. The molecule has 1 aromatic heterocycles. The number of hydrogen-bond donors (Lipinski definition) is 1. The van der Waals surface area contributed by atoms with Crippen LogP contribution < -0.4 is 10.1 Å². The van der Waals surface area contributed by atoms with Crippen molar-refractivity contribution in [3.05, 3.63) is 47.0 Å². The first kappa shape index (κ1) is 19.8. The molecule has 0 unspecified atom stereocenters. The summed E-state index contributed by atoms with van der Waals surface area (Å²) in [7, 11) is 0. The van der Waals surface area contributed by atoms with Crippen LogP contribution in [0.4, 0.5) is 13.2 Å². The van der Waals surface area contributed by atoms with E-state index in [1.807, 2.05) is 0 Å². The van der Waals surface area contributed by atoms with Crippen LogP contribution in [0.1, 0.15) is 42.6 Å². The van der Waals surface area contributed by atoms with E-state index in [1.165, 1.54) is 12.1 Å². The molecule has 3 saturated carbocycles. The molecule has 0 atom stereocenters. The molecule has 5 rings (SSSR count). The molecule has 1 N–H and O–H groups in total. The van der Waals surface area contributed by atoms with Crippen molar-refractivity contribution >= 4 is 23.3 Å². The number of rotatable bonds is 8. The molecule has 3 aliphatic rings. The van der Waals surface area contributed by atoms with Crippen LogP contribution in [0, 0.1) is 11.2 Å². The molecule has 1 heterocycles. The molecule has 2 aromatic rings. The molecule has 0 aliphatic heterocycles. The summed E-state index contributed by atoms with van der Waals surface area (Å²) in [6.07, 6.45) is 4.38. The average molecular weight is 428 g/mol. The lowest BCUT2D eigenvalue weighted by atomic mass is 9.38. The predicted molar refractivity (Wildman–Crippen MR) is 96.5 cm³/mol. The SMILES string of the molecule is O=C(COc1ccc(Cl)c(F)c1)NC12CC(CC(=O)c3cnn(C(F)F)c3)(C1)C2. The van der Waals surface area contributed by atoms with Gasteiger partial charge in [0.1, 0.15) is 11.6 Å². The van der Waals surface area contributed by atoms with Crippen molar-refractivity contribution in [2.45, 2.75) is 37.8 Å². The molecule has 10 heteroatoms. The third-order valence-corrected chi connectivity index (χ3v) is 5.77. The Kier molecular flexibility index (Phi) is 4.80. The summed E-state index contributed by atoms with van der Waals surface area (Å²) in [4.78, 5) is 24.4. The Bertz CT molecular complexity index is 959. The van der Waals surface area contributed by atoms with E-state index >= 15 is 0 Å². The first-order valence-electron chi connectivity index (χ1n) is 8.94. The Labute approximate surface area is 169 Å². The number of amides is 1. The number of halogens is 4. The smallest absolute Gasteiger partial charge is 0.333 e. The van der Waals surface area contributed by atoms with E-state index in [4.69, 9.17) is 16.3 Å². The molecule has 3 fully saturated rings. The minimum atomic E-state index is -2.78. The fourth-order valence-corrected chi connectivity index (χ4v) is 4.51. The van der Waals surface area contributed by atoms with Crippen LogP contribution in [0.5, 0.6) is 5.75 Å². The Hall–Kier alpha value is -2.55. The number of aromatic nitrogens is 2. The van der Waals surface area contributed by atoms with Gasteiger partial charge < -0.3 is 10.1 Å². The van der Waals surface area contributed by atoms with Crippen LogP contribution in [0.15, 0.2) is 30.6 Å². The molecule has 6 nitrogen and oxygen atoms in total. The molecule has 3 aliphatic carbocycles. The summed E-state index contributed by atoms with van der Waals surface area (Å²) in [5.74, 6) is -0.997. The quantitative estimate of drug-likeness (QED) is 0.651. The molecule has 2 bridgehead atoms. The summed E-state index contributed by atoms with van der Waals surface area (Å²) in [6, 6.07) is 3.92. The maximum absolute atomic E-state index is 13.4.